The lowest BCUT2D eigenvalue weighted by molar-refractivity contribution is 0.203. The van der Waals surface area contributed by atoms with E-state index < -0.39 is 0 Å². The Morgan fingerprint density at radius 1 is 1.27 bits per heavy atom. The molecule has 0 unspecified atom stereocenters. The first-order valence-electron chi connectivity index (χ1n) is 5.29. The lowest BCUT2D eigenvalue weighted by Gasteiger charge is -2.32. The largest absolute Gasteiger partial charge is 0.296 e. The molecule has 2 rings (SSSR count). The monoisotopic (exact) mass is 243 g/mol. The molecule has 0 bridgehead atoms. The predicted molar refractivity (Wildman–Crippen MR) is 65.7 cm³/mol. The second-order valence-corrected chi connectivity index (χ2v) is 5.18. The van der Waals surface area contributed by atoms with E-state index in [4.69, 9.17) is 23.2 Å². The molecule has 0 amide bonds. The molecule has 0 spiro atoms. The Hall–Kier alpha value is -0.240. The summed E-state index contributed by atoms with van der Waals surface area (Å²) in [6, 6.07) is 4.46. The Labute approximate surface area is 101 Å². The predicted octanol–water partition coefficient (Wildman–Crippen LogP) is 3.76. The minimum atomic E-state index is 0.580. The van der Waals surface area contributed by atoms with Gasteiger partial charge in [0.1, 0.15) is 0 Å². The molecule has 0 saturated heterocycles. The summed E-state index contributed by atoms with van der Waals surface area (Å²) in [6.07, 6.45) is 1.03. The summed E-state index contributed by atoms with van der Waals surface area (Å²) >= 11 is 12.2. The third kappa shape index (κ3) is 2.30. The van der Waals surface area contributed by atoms with E-state index in [0.717, 1.165) is 29.6 Å². The first kappa shape index (κ1) is 11.3. The van der Waals surface area contributed by atoms with E-state index in [-0.39, 0.29) is 0 Å². The molecule has 3 heteroatoms. The summed E-state index contributed by atoms with van der Waals surface area (Å²) in [5.74, 6) is 0. The molecule has 1 aliphatic rings. The third-order valence-corrected chi connectivity index (χ3v) is 3.56. The Bertz CT molecular complexity index is 374. The number of nitrogens with zero attached hydrogens (tertiary/aromatic N) is 1. The first-order chi connectivity index (χ1) is 7.08. The highest BCUT2D eigenvalue weighted by Gasteiger charge is 2.20. The Morgan fingerprint density at radius 2 is 2.00 bits per heavy atom. The molecule has 0 N–H and O–H groups in total. The molecule has 0 atom stereocenters. The number of fused-ring (bicyclic) bond motifs is 1. The van der Waals surface area contributed by atoms with Crippen molar-refractivity contribution in [2.45, 2.75) is 32.9 Å². The van der Waals surface area contributed by atoms with Crippen LogP contribution in [0.4, 0.5) is 0 Å². The van der Waals surface area contributed by atoms with Crippen LogP contribution in [-0.2, 0) is 13.0 Å². The molecule has 0 aliphatic carbocycles. The SMILES string of the molecule is CC(C)N1CCc2c(Cl)cc(Cl)cc2C1. The lowest BCUT2D eigenvalue weighted by Crippen LogP contribution is -2.35. The van der Waals surface area contributed by atoms with E-state index in [1.807, 2.05) is 12.1 Å². The fourth-order valence-corrected chi connectivity index (χ4v) is 2.70. The van der Waals surface area contributed by atoms with Crippen LogP contribution >= 0.6 is 23.2 Å². The number of hydrogen-bond acceptors (Lipinski definition) is 1. The van der Waals surface area contributed by atoms with Gasteiger partial charge in [0.25, 0.3) is 0 Å². The second kappa shape index (κ2) is 4.32. The van der Waals surface area contributed by atoms with Gasteiger partial charge in [-0.15, -0.1) is 0 Å². The average Bonchev–Trinajstić information content (AvgIpc) is 2.16. The van der Waals surface area contributed by atoms with Crippen molar-refractivity contribution >= 4 is 23.2 Å². The van der Waals surface area contributed by atoms with Crippen molar-refractivity contribution in [2.75, 3.05) is 6.54 Å². The number of hydrogen-bond donors (Lipinski definition) is 0. The van der Waals surface area contributed by atoms with Gasteiger partial charge in [0.05, 0.1) is 0 Å². The Morgan fingerprint density at radius 3 is 2.67 bits per heavy atom. The normalized spacial score (nSPS) is 16.9. The fraction of sp³-hybridized carbons (Fsp3) is 0.500. The topological polar surface area (TPSA) is 3.24 Å². The van der Waals surface area contributed by atoms with Gasteiger partial charge in [-0.1, -0.05) is 23.2 Å². The van der Waals surface area contributed by atoms with Crippen LogP contribution in [0.15, 0.2) is 12.1 Å². The van der Waals surface area contributed by atoms with Crippen LogP contribution in [0.3, 0.4) is 0 Å². The Kier molecular flexibility index (Phi) is 3.24. The van der Waals surface area contributed by atoms with Crippen LogP contribution in [0.2, 0.25) is 10.0 Å². The number of halogens is 2. The van der Waals surface area contributed by atoms with Gasteiger partial charge >= 0.3 is 0 Å². The molecule has 82 valence electrons. The molecule has 0 radical (unpaired) electrons. The molecule has 15 heavy (non-hydrogen) atoms. The van der Waals surface area contributed by atoms with Gasteiger partial charge in [-0.25, -0.2) is 0 Å². The summed E-state index contributed by atoms with van der Waals surface area (Å²) in [5, 5.41) is 1.56. The van der Waals surface area contributed by atoms with Crippen LogP contribution in [0.5, 0.6) is 0 Å². The molecule has 0 aromatic heterocycles. The molecular formula is C12H15Cl2N. The van der Waals surface area contributed by atoms with Crippen LogP contribution < -0.4 is 0 Å². The third-order valence-electron chi connectivity index (χ3n) is 3.01. The minimum absolute atomic E-state index is 0.580. The van der Waals surface area contributed by atoms with Crippen molar-refractivity contribution in [2.24, 2.45) is 0 Å². The van der Waals surface area contributed by atoms with Gasteiger partial charge in [-0.05, 0) is 43.5 Å². The van der Waals surface area contributed by atoms with Gasteiger partial charge in [0.15, 0.2) is 0 Å². The average molecular weight is 244 g/mol. The lowest BCUT2D eigenvalue weighted by atomic mass is 9.99. The van der Waals surface area contributed by atoms with E-state index in [1.54, 1.807) is 0 Å². The quantitative estimate of drug-likeness (QED) is 0.727. The standard InChI is InChI=1S/C12H15Cl2N/c1-8(2)15-4-3-11-9(7-15)5-10(13)6-12(11)14/h5-6,8H,3-4,7H2,1-2H3. The van der Waals surface area contributed by atoms with E-state index in [1.165, 1.54) is 11.1 Å². The molecule has 1 aliphatic heterocycles. The van der Waals surface area contributed by atoms with E-state index in [2.05, 4.69) is 18.7 Å². The highest BCUT2D eigenvalue weighted by molar-refractivity contribution is 6.35. The number of benzene rings is 1. The summed E-state index contributed by atoms with van der Waals surface area (Å²) < 4.78 is 0. The van der Waals surface area contributed by atoms with Crippen molar-refractivity contribution in [3.05, 3.63) is 33.3 Å². The summed E-state index contributed by atoms with van der Waals surface area (Å²) in [7, 11) is 0. The van der Waals surface area contributed by atoms with E-state index in [9.17, 15) is 0 Å². The summed E-state index contributed by atoms with van der Waals surface area (Å²) in [6.45, 7) is 6.49. The van der Waals surface area contributed by atoms with E-state index in [0.29, 0.717) is 6.04 Å². The van der Waals surface area contributed by atoms with Gasteiger partial charge in [0, 0.05) is 29.2 Å². The highest BCUT2D eigenvalue weighted by Crippen LogP contribution is 2.30. The zero-order chi connectivity index (χ0) is 11.0. The van der Waals surface area contributed by atoms with Crippen molar-refractivity contribution < 1.29 is 0 Å². The van der Waals surface area contributed by atoms with Crippen LogP contribution in [0.25, 0.3) is 0 Å². The second-order valence-electron chi connectivity index (χ2n) is 4.34. The smallest absolute Gasteiger partial charge is 0.0456 e. The molecule has 0 saturated carbocycles. The van der Waals surface area contributed by atoms with Crippen LogP contribution in [0.1, 0.15) is 25.0 Å². The van der Waals surface area contributed by atoms with Crippen LogP contribution in [0, 0.1) is 0 Å². The Balaban J connectivity index is 2.33. The summed E-state index contributed by atoms with van der Waals surface area (Å²) in [4.78, 5) is 2.44. The van der Waals surface area contributed by atoms with Crippen molar-refractivity contribution in [3.63, 3.8) is 0 Å². The molecule has 1 aromatic carbocycles. The molecular weight excluding hydrogens is 229 g/mol. The van der Waals surface area contributed by atoms with Crippen LogP contribution in [-0.4, -0.2) is 17.5 Å². The van der Waals surface area contributed by atoms with Gasteiger partial charge in [-0.3, -0.25) is 4.90 Å². The maximum Gasteiger partial charge on any atom is 0.0456 e. The molecule has 1 nitrogen and oxygen atoms in total. The maximum atomic E-state index is 6.17. The highest BCUT2D eigenvalue weighted by atomic mass is 35.5. The zero-order valence-electron chi connectivity index (χ0n) is 9.06. The van der Waals surface area contributed by atoms with Crippen molar-refractivity contribution in [3.8, 4) is 0 Å². The van der Waals surface area contributed by atoms with E-state index >= 15 is 0 Å². The number of rotatable bonds is 1. The summed E-state index contributed by atoms with van der Waals surface area (Å²) in [5.41, 5.74) is 2.56. The maximum absolute atomic E-state index is 6.17. The van der Waals surface area contributed by atoms with Gasteiger partial charge < -0.3 is 0 Å². The zero-order valence-corrected chi connectivity index (χ0v) is 10.6. The van der Waals surface area contributed by atoms with Crippen molar-refractivity contribution in [1.29, 1.82) is 0 Å². The van der Waals surface area contributed by atoms with Gasteiger partial charge in [-0.2, -0.15) is 0 Å². The fourth-order valence-electron chi connectivity index (χ4n) is 2.07. The molecule has 1 heterocycles. The van der Waals surface area contributed by atoms with Gasteiger partial charge in [0.2, 0.25) is 0 Å². The van der Waals surface area contributed by atoms with Crippen molar-refractivity contribution in [1.82, 2.24) is 4.90 Å². The minimum Gasteiger partial charge on any atom is -0.296 e. The molecule has 0 fully saturated rings. The molecule has 1 aromatic rings. The first-order valence-corrected chi connectivity index (χ1v) is 6.04.